The zero-order chi connectivity index (χ0) is 20.8. The number of halogens is 1. The van der Waals surface area contributed by atoms with Crippen molar-refractivity contribution in [2.75, 3.05) is 43.1 Å². The van der Waals surface area contributed by atoms with Crippen LogP contribution in [0.2, 0.25) is 0 Å². The third-order valence-electron chi connectivity index (χ3n) is 3.63. The molecule has 11 nitrogen and oxygen atoms in total. The van der Waals surface area contributed by atoms with Crippen LogP contribution in [-0.4, -0.2) is 74.2 Å². The third-order valence-corrected chi connectivity index (χ3v) is 4.14. The summed E-state index contributed by atoms with van der Waals surface area (Å²) in [6, 6.07) is 0. The van der Waals surface area contributed by atoms with Crippen molar-refractivity contribution in [1.82, 2.24) is 29.3 Å². The molecule has 2 heterocycles. The number of imidazole rings is 2. The average Bonchev–Trinajstić information content (AvgIpc) is 3.16. The van der Waals surface area contributed by atoms with E-state index in [1.165, 1.54) is 21.5 Å². The second-order valence-electron chi connectivity index (χ2n) is 6.32. The highest BCUT2D eigenvalue weighted by Crippen LogP contribution is 2.12. The number of aromatic nitrogens is 4. The summed E-state index contributed by atoms with van der Waals surface area (Å²) in [6.45, 7) is 1.18. The number of nitrogens with zero attached hydrogens (tertiary/aromatic N) is 5. The van der Waals surface area contributed by atoms with Gasteiger partial charge in [0, 0.05) is 39.6 Å². The van der Waals surface area contributed by atoms with Gasteiger partial charge >= 0.3 is 0 Å². The lowest BCUT2D eigenvalue weighted by Crippen LogP contribution is -2.32. The lowest BCUT2D eigenvalue weighted by molar-refractivity contribution is -0.113. The summed E-state index contributed by atoms with van der Waals surface area (Å²) in [5.74, 6) is -0.370. The van der Waals surface area contributed by atoms with E-state index in [0.29, 0.717) is 13.1 Å². The zero-order valence-corrected chi connectivity index (χ0v) is 17.7. The number of alkyl halides is 1. The van der Waals surface area contributed by atoms with E-state index >= 15 is 0 Å². The number of aryl methyl sites for hydroxylation is 2. The van der Waals surface area contributed by atoms with Gasteiger partial charge in [-0.25, -0.2) is 9.97 Å². The summed E-state index contributed by atoms with van der Waals surface area (Å²) >= 11 is 3.04. The predicted octanol–water partition coefficient (Wildman–Crippen LogP) is 0.0307. The summed E-state index contributed by atoms with van der Waals surface area (Å²) in [6.07, 6.45) is 3.06. The van der Waals surface area contributed by atoms with E-state index < -0.39 is 5.91 Å². The van der Waals surface area contributed by atoms with Gasteiger partial charge in [-0.2, -0.15) is 0 Å². The summed E-state index contributed by atoms with van der Waals surface area (Å²) in [4.78, 5) is 46.3. The number of anilines is 2. The van der Waals surface area contributed by atoms with Gasteiger partial charge < -0.3 is 30.0 Å². The molecule has 0 spiro atoms. The number of hydrogen-bond acceptors (Lipinski definition) is 6. The van der Waals surface area contributed by atoms with Crippen molar-refractivity contribution >= 4 is 45.3 Å². The Hall–Kier alpha value is -2.73. The van der Waals surface area contributed by atoms with Gasteiger partial charge in [0.15, 0.2) is 11.6 Å². The molecule has 0 radical (unpaired) electrons. The number of carbonyl (C=O) groups is 3. The maximum Gasteiger partial charge on any atom is 0.292 e. The summed E-state index contributed by atoms with van der Waals surface area (Å²) < 4.78 is 3.01. The van der Waals surface area contributed by atoms with Crippen molar-refractivity contribution in [3.05, 3.63) is 24.0 Å². The Bertz CT molecular complexity index is 873. The van der Waals surface area contributed by atoms with Crippen LogP contribution in [0, 0.1) is 0 Å². The molecule has 0 aromatic carbocycles. The summed E-state index contributed by atoms with van der Waals surface area (Å²) in [5, 5.41) is 8.05. The van der Waals surface area contributed by atoms with Gasteiger partial charge in [0.2, 0.25) is 17.6 Å². The molecule has 3 N–H and O–H groups in total. The van der Waals surface area contributed by atoms with Gasteiger partial charge in [-0.3, -0.25) is 14.4 Å². The van der Waals surface area contributed by atoms with Crippen molar-refractivity contribution in [3.63, 3.8) is 0 Å². The highest BCUT2D eigenvalue weighted by Gasteiger charge is 2.19. The molecule has 12 heteroatoms. The molecule has 0 aliphatic rings. The number of amides is 3. The lowest BCUT2D eigenvalue weighted by Gasteiger charge is -2.09. The van der Waals surface area contributed by atoms with E-state index in [-0.39, 0.29) is 40.4 Å². The first-order valence-electron chi connectivity index (χ1n) is 8.38. The van der Waals surface area contributed by atoms with E-state index in [2.05, 4.69) is 41.8 Å². The van der Waals surface area contributed by atoms with Crippen LogP contribution < -0.4 is 16.0 Å². The van der Waals surface area contributed by atoms with Crippen LogP contribution >= 0.6 is 15.9 Å². The van der Waals surface area contributed by atoms with Crippen molar-refractivity contribution in [2.24, 2.45) is 14.1 Å². The molecule has 0 bridgehead atoms. The molecule has 2 aromatic rings. The fourth-order valence-electron chi connectivity index (χ4n) is 2.30. The quantitative estimate of drug-likeness (QED) is 0.483. The third kappa shape index (κ3) is 5.63. The highest BCUT2D eigenvalue weighted by molar-refractivity contribution is 9.09. The molecule has 0 saturated heterocycles. The van der Waals surface area contributed by atoms with Crippen molar-refractivity contribution in [2.45, 2.75) is 0 Å². The van der Waals surface area contributed by atoms with E-state index in [1.54, 1.807) is 14.1 Å². The van der Waals surface area contributed by atoms with Crippen LogP contribution in [0.25, 0.3) is 0 Å². The van der Waals surface area contributed by atoms with Crippen LogP contribution in [0.4, 0.5) is 11.6 Å². The van der Waals surface area contributed by atoms with Gasteiger partial charge in [-0.1, -0.05) is 15.9 Å². The number of hydrogen-bond donors (Lipinski definition) is 3. The van der Waals surface area contributed by atoms with Gasteiger partial charge in [-0.05, 0) is 14.1 Å². The largest absolute Gasteiger partial charge is 0.348 e. The van der Waals surface area contributed by atoms with Gasteiger partial charge in [0.25, 0.3) is 11.8 Å². The van der Waals surface area contributed by atoms with Crippen molar-refractivity contribution < 1.29 is 14.4 Å². The molecule has 0 aliphatic heterocycles. The Labute approximate surface area is 170 Å². The zero-order valence-electron chi connectivity index (χ0n) is 16.1. The molecule has 0 unspecified atom stereocenters. The van der Waals surface area contributed by atoms with Crippen LogP contribution in [0.15, 0.2) is 12.4 Å². The number of likely N-dealkylation sites (N-methyl/N-ethyl adjacent to an activating group) is 1. The fraction of sp³-hybridized carbons (Fsp3) is 0.438. The number of carbonyl (C=O) groups excluding carboxylic acids is 3. The Kier molecular flexibility index (Phi) is 7.29. The Morgan fingerprint density at radius 2 is 1.54 bits per heavy atom. The van der Waals surface area contributed by atoms with E-state index in [4.69, 9.17) is 0 Å². The molecular weight excluding hydrogens is 432 g/mol. The first kappa shape index (κ1) is 21.6. The Morgan fingerprint density at radius 1 is 1.00 bits per heavy atom. The molecule has 28 heavy (non-hydrogen) atoms. The number of rotatable bonds is 8. The molecule has 0 fully saturated rings. The predicted molar refractivity (Wildman–Crippen MR) is 108 cm³/mol. The lowest BCUT2D eigenvalue weighted by atomic mass is 10.5. The van der Waals surface area contributed by atoms with Crippen molar-refractivity contribution in [1.29, 1.82) is 0 Å². The molecule has 3 amide bonds. The average molecular weight is 455 g/mol. The normalized spacial score (nSPS) is 10.8. The summed E-state index contributed by atoms with van der Waals surface area (Å²) in [7, 11) is 7.12. The minimum atomic E-state index is -0.514. The fourth-order valence-corrected chi connectivity index (χ4v) is 2.44. The first-order valence-corrected chi connectivity index (χ1v) is 9.50. The molecule has 152 valence electrons. The van der Waals surface area contributed by atoms with Crippen LogP contribution in [-0.2, 0) is 18.9 Å². The minimum absolute atomic E-state index is 0.0903. The SMILES string of the molecule is CN(C)CCNC(=O)c1nc(NC(=O)c2nc(NC(=O)CBr)cn2C)cn1C. The van der Waals surface area contributed by atoms with Gasteiger partial charge in [0.05, 0.1) is 5.33 Å². The van der Waals surface area contributed by atoms with Crippen LogP contribution in [0.1, 0.15) is 21.2 Å². The Morgan fingerprint density at radius 3 is 2.07 bits per heavy atom. The summed E-state index contributed by atoms with van der Waals surface area (Å²) in [5.41, 5.74) is 0. The van der Waals surface area contributed by atoms with Crippen LogP contribution in [0.3, 0.4) is 0 Å². The van der Waals surface area contributed by atoms with E-state index in [1.807, 2.05) is 19.0 Å². The molecule has 0 atom stereocenters. The highest BCUT2D eigenvalue weighted by atomic mass is 79.9. The van der Waals surface area contributed by atoms with Crippen LogP contribution in [0.5, 0.6) is 0 Å². The van der Waals surface area contributed by atoms with E-state index in [0.717, 1.165) is 0 Å². The molecular formula is C16H23BrN8O3. The molecule has 2 aromatic heterocycles. The first-order chi connectivity index (χ1) is 13.2. The standard InChI is InChI=1S/C16H23BrN8O3/c1-23(2)6-5-18-15(27)13-21-11(9-24(13)3)22-16(28)14-20-10(8-25(14)4)19-12(26)7-17/h8-9H,5-7H2,1-4H3,(H,18,27)(H,19,26)(H,22,28). The van der Waals surface area contributed by atoms with E-state index in [9.17, 15) is 14.4 Å². The van der Waals surface area contributed by atoms with Gasteiger partial charge in [-0.15, -0.1) is 0 Å². The smallest absolute Gasteiger partial charge is 0.292 e. The molecule has 0 saturated carbocycles. The second kappa shape index (κ2) is 9.46. The van der Waals surface area contributed by atoms with Crippen molar-refractivity contribution in [3.8, 4) is 0 Å². The topological polar surface area (TPSA) is 126 Å². The second-order valence-corrected chi connectivity index (χ2v) is 6.88. The van der Waals surface area contributed by atoms with Gasteiger partial charge in [0.1, 0.15) is 0 Å². The monoisotopic (exact) mass is 454 g/mol. The number of nitrogens with one attached hydrogen (secondary N) is 3. The maximum absolute atomic E-state index is 12.5. The Balaban J connectivity index is 2.05. The molecule has 2 rings (SSSR count). The maximum atomic E-state index is 12.5. The minimum Gasteiger partial charge on any atom is -0.348 e. The molecule has 0 aliphatic carbocycles.